The standard InChI is InChI=1S/C25H25Cl2NO2/c1-17(29)15-19-16-25(24-20(19)6-4-8-22(24)27)11-13-28(14-12-25)23(30)10-9-18-5-2-3-7-21(18)26/h2-10,19H,11-16H2,1H3/b10-9+. The topological polar surface area (TPSA) is 37.4 Å². The average molecular weight is 442 g/mol. The van der Waals surface area contributed by atoms with Crippen molar-refractivity contribution in [3.8, 4) is 0 Å². The summed E-state index contributed by atoms with van der Waals surface area (Å²) in [6.45, 7) is 3.02. The SMILES string of the molecule is CC(=O)CC1CC2(CCN(C(=O)/C=C/c3ccccc3Cl)CC2)c2c(Cl)cccc21. The van der Waals surface area contributed by atoms with Crippen molar-refractivity contribution < 1.29 is 9.59 Å². The molecule has 2 aromatic rings. The summed E-state index contributed by atoms with van der Waals surface area (Å²) < 4.78 is 0. The van der Waals surface area contributed by atoms with Crippen molar-refractivity contribution in [2.24, 2.45) is 0 Å². The number of hydrogen-bond acceptors (Lipinski definition) is 2. The molecule has 0 radical (unpaired) electrons. The summed E-state index contributed by atoms with van der Waals surface area (Å²) in [5.74, 6) is 0.432. The third-order valence-electron chi connectivity index (χ3n) is 6.53. The number of halogens is 2. The maximum absolute atomic E-state index is 12.7. The number of benzene rings is 2. The zero-order valence-electron chi connectivity index (χ0n) is 17.0. The first-order valence-electron chi connectivity index (χ1n) is 10.4. The van der Waals surface area contributed by atoms with Gasteiger partial charge in [0.2, 0.25) is 5.91 Å². The number of hydrogen-bond donors (Lipinski definition) is 0. The number of piperidine rings is 1. The van der Waals surface area contributed by atoms with Gasteiger partial charge >= 0.3 is 0 Å². The molecule has 30 heavy (non-hydrogen) atoms. The largest absolute Gasteiger partial charge is 0.339 e. The minimum Gasteiger partial charge on any atom is -0.339 e. The van der Waals surface area contributed by atoms with Crippen LogP contribution in [0.25, 0.3) is 6.08 Å². The highest BCUT2D eigenvalue weighted by Gasteiger charge is 2.47. The molecule has 4 rings (SSSR count). The third-order valence-corrected chi connectivity index (χ3v) is 7.19. The van der Waals surface area contributed by atoms with Crippen molar-refractivity contribution in [2.75, 3.05) is 13.1 Å². The van der Waals surface area contributed by atoms with Crippen molar-refractivity contribution in [1.29, 1.82) is 0 Å². The second-order valence-corrected chi connectivity index (χ2v) is 9.29. The molecule has 1 aliphatic carbocycles. The number of carbonyl (C=O) groups excluding carboxylic acids is 2. The molecule has 156 valence electrons. The number of Topliss-reactive ketones (excluding diaryl/α,β-unsaturated/α-hetero) is 1. The highest BCUT2D eigenvalue weighted by Crippen LogP contribution is 2.55. The van der Waals surface area contributed by atoms with Crippen molar-refractivity contribution in [3.05, 3.63) is 75.3 Å². The van der Waals surface area contributed by atoms with Gasteiger partial charge in [-0.1, -0.05) is 53.5 Å². The quantitative estimate of drug-likeness (QED) is 0.542. The molecule has 2 aromatic carbocycles. The van der Waals surface area contributed by atoms with Crippen LogP contribution in [0.2, 0.25) is 10.0 Å². The summed E-state index contributed by atoms with van der Waals surface area (Å²) in [5.41, 5.74) is 3.22. The predicted molar refractivity (Wildman–Crippen MR) is 122 cm³/mol. The zero-order valence-corrected chi connectivity index (χ0v) is 18.5. The van der Waals surface area contributed by atoms with Crippen LogP contribution in [0.1, 0.15) is 55.2 Å². The van der Waals surface area contributed by atoms with E-state index in [4.69, 9.17) is 23.2 Å². The van der Waals surface area contributed by atoms with Gasteiger partial charge in [0.05, 0.1) is 0 Å². The number of fused-ring (bicyclic) bond motifs is 2. The van der Waals surface area contributed by atoms with E-state index in [-0.39, 0.29) is 23.0 Å². The minimum atomic E-state index is -0.0446. The number of carbonyl (C=O) groups is 2. The molecule has 1 heterocycles. The Labute approximate surface area is 187 Å². The molecule has 3 nitrogen and oxygen atoms in total. The van der Waals surface area contributed by atoms with Crippen LogP contribution in [0.15, 0.2) is 48.5 Å². The van der Waals surface area contributed by atoms with E-state index in [0.29, 0.717) is 24.5 Å². The van der Waals surface area contributed by atoms with Gasteiger partial charge in [-0.15, -0.1) is 0 Å². The van der Waals surface area contributed by atoms with Crippen molar-refractivity contribution >= 4 is 41.0 Å². The normalized spacial score (nSPS) is 20.0. The van der Waals surface area contributed by atoms with Crippen LogP contribution in [0.4, 0.5) is 0 Å². The molecule has 1 fully saturated rings. The van der Waals surface area contributed by atoms with E-state index in [1.165, 1.54) is 11.1 Å². The molecule has 0 bridgehead atoms. The fourth-order valence-corrected chi connectivity index (χ4v) is 5.72. The van der Waals surface area contributed by atoms with E-state index in [1.54, 1.807) is 19.1 Å². The van der Waals surface area contributed by atoms with Crippen molar-refractivity contribution in [2.45, 2.75) is 43.9 Å². The summed E-state index contributed by atoms with van der Waals surface area (Å²) in [6, 6.07) is 13.5. The van der Waals surface area contributed by atoms with Gasteiger partial charge in [-0.2, -0.15) is 0 Å². The molecular formula is C25H25Cl2NO2. The summed E-state index contributed by atoms with van der Waals surface area (Å²) in [6.07, 6.45) is 6.60. The lowest BCUT2D eigenvalue weighted by Gasteiger charge is -2.40. The first kappa shape index (κ1) is 21.1. The molecule has 1 saturated heterocycles. The maximum Gasteiger partial charge on any atom is 0.246 e. The molecular weight excluding hydrogens is 417 g/mol. The van der Waals surface area contributed by atoms with Crippen LogP contribution in [0, 0.1) is 0 Å². The fraction of sp³-hybridized carbons (Fsp3) is 0.360. The van der Waals surface area contributed by atoms with Crippen LogP contribution in [-0.2, 0) is 15.0 Å². The Hall–Kier alpha value is -2.10. The third kappa shape index (κ3) is 4.06. The zero-order chi connectivity index (χ0) is 21.3. The Kier molecular flexibility index (Phi) is 6.04. The Morgan fingerprint density at radius 3 is 2.47 bits per heavy atom. The Morgan fingerprint density at radius 1 is 1.07 bits per heavy atom. The molecule has 1 spiro atoms. The van der Waals surface area contributed by atoms with Crippen molar-refractivity contribution in [1.82, 2.24) is 4.90 Å². The lowest BCUT2D eigenvalue weighted by Crippen LogP contribution is -2.44. The molecule has 0 saturated carbocycles. The first-order chi connectivity index (χ1) is 14.4. The van der Waals surface area contributed by atoms with Crippen LogP contribution in [-0.4, -0.2) is 29.7 Å². The van der Waals surface area contributed by atoms with Gasteiger partial charge < -0.3 is 9.69 Å². The van der Waals surface area contributed by atoms with Gasteiger partial charge in [0.15, 0.2) is 0 Å². The highest BCUT2D eigenvalue weighted by atomic mass is 35.5. The second-order valence-electron chi connectivity index (χ2n) is 8.47. The first-order valence-corrected chi connectivity index (χ1v) is 11.1. The Balaban J connectivity index is 1.49. The lowest BCUT2D eigenvalue weighted by atomic mass is 9.73. The summed E-state index contributed by atoms with van der Waals surface area (Å²) in [5, 5.41) is 1.42. The molecule has 1 aliphatic heterocycles. The van der Waals surface area contributed by atoms with E-state index >= 15 is 0 Å². The van der Waals surface area contributed by atoms with Gasteiger partial charge in [0, 0.05) is 41.0 Å². The second kappa shape index (κ2) is 8.56. The van der Waals surface area contributed by atoms with E-state index in [0.717, 1.165) is 29.8 Å². The summed E-state index contributed by atoms with van der Waals surface area (Å²) >= 11 is 12.8. The molecule has 0 aromatic heterocycles. The predicted octanol–water partition coefficient (Wildman–Crippen LogP) is 6.03. The molecule has 1 amide bonds. The smallest absolute Gasteiger partial charge is 0.246 e. The summed E-state index contributed by atoms with van der Waals surface area (Å²) in [7, 11) is 0. The minimum absolute atomic E-state index is 0.00225. The number of ketones is 1. The monoisotopic (exact) mass is 441 g/mol. The van der Waals surface area contributed by atoms with E-state index in [2.05, 4.69) is 6.07 Å². The van der Waals surface area contributed by atoms with E-state index in [1.807, 2.05) is 41.3 Å². The van der Waals surface area contributed by atoms with Gasteiger partial charge in [-0.05, 0) is 67.0 Å². The maximum atomic E-state index is 12.7. The van der Waals surface area contributed by atoms with Crippen LogP contribution < -0.4 is 0 Å². The Bertz CT molecular complexity index is 1010. The molecule has 5 heteroatoms. The molecule has 1 unspecified atom stereocenters. The van der Waals surface area contributed by atoms with Crippen LogP contribution >= 0.6 is 23.2 Å². The number of nitrogens with zero attached hydrogens (tertiary/aromatic N) is 1. The molecule has 2 aliphatic rings. The van der Waals surface area contributed by atoms with Gasteiger partial charge in [0.25, 0.3) is 0 Å². The molecule has 0 N–H and O–H groups in total. The number of amides is 1. The Morgan fingerprint density at radius 2 is 1.77 bits per heavy atom. The average Bonchev–Trinajstić information content (AvgIpc) is 3.01. The van der Waals surface area contributed by atoms with Crippen LogP contribution in [0.5, 0.6) is 0 Å². The van der Waals surface area contributed by atoms with Crippen LogP contribution in [0.3, 0.4) is 0 Å². The number of rotatable bonds is 4. The van der Waals surface area contributed by atoms with Gasteiger partial charge in [0.1, 0.15) is 5.78 Å². The van der Waals surface area contributed by atoms with Gasteiger partial charge in [-0.25, -0.2) is 0 Å². The highest BCUT2D eigenvalue weighted by molar-refractivity contribution is 6.32. The van der Waals surface area contributed by atoms with E-state index in [9.17, 15) is 9.59 Å². The van der Waals surface area contributed by atoms with E-state index < -0.39 is 0 Å². The number of likely N-dealkylation sites (tertiary alicyclic amines) is 1. The summed E-state index contributed by atoms with van der Waals surface area (Å²) in [4.78, 5) is 26.4. The lowest BCUT2D eigenvalue weighted by molar-refractivity contribution is -0.127. The fourth-order valence-electron chi connectivity index (χ4n) is 5.14. The molecule has 1 atom stereocenters. The van der Waals surface area contributed by atoms with Crippen molar-refractivity contribution in [3.63, 3.8) is 0 Å². The van der Waals surface area contributed by atoms with Gasteiger partial charge in [-0.3, -0.25) is 4.79 Å².